The van der Waals surface area contributed by atoms with Gasteiger partial charge >= 0.3 is 6.18 Å². The third-order valence-electron chi connectivity index (χ3n) is 22.4. The van der Waals surface area contributed by atoms with E-state index in [0.29, 0.717) is 67.9 Å². The van der Waals surface area contributed by atoms with E-state index in [1.54, 1.807) is 36.1 Å². The predicted molar refractivity (Wildman–Crippen MR) is 397 cm³/mol. The van der Waals surface area contributed by atoms with Crippen LogP contribution in [0.3, 0.4) is 0 Å². The van der Waals surface area contributed by atoms with Gasteiger partial charge in [-0.25, -0.2) is 4.39 Å². The molecule has 30 heteroatoms. The molecule has 2 aromatic carbocycles. The third-order valence-corrected chi connectivity index (χ3v) is 22.7. The number of hydrogen-bond donors (Lipinski definition) is 3. The lowest BCUT2D eigenvalue weighted by Gasteiger charge is -2.41. The first-order valence-electron chi connectivity index (χ1n) is 38.4. The van der Waals surface area contributed by atoms with Crippen molar-refractivity contribution in [1.82, 2.24) is 60.0 Å². The van der Waals surface area contributed by atoms with Crippen LogP contribution in [0.1, 0.15) is 180 Å². The molecule has 3 saturated heterocycles. The molecule has 3 heterocycles. The van der Waals surface area contributed by atoms with Gasteiger partial charge in [0, 0.05) is 80.4 Å². The number of alkyl halides is 3. The van der Waals surface area contributed by atoms with Crippen LogP contribution < -0.4 is 16.0 Å². The Morgan fingerprint density at radius 3 is 1.81 bits per heavy atom. The number of piperidine rings is 1. The zero-order valence-corrected chi connectivity index (χ0v) is 66.0. The maximum atomic E-state index is 15.8. The normalized spacial score (nSPS) is 25.5. The fraction of sp³-hybridized carbons (Fsp3) is 0.692. The van der Waals surface area contributed by atoms with E-state index in [9.17, 15) is 41.9 Å². The van der Waals surface area contributed by atoms with Crippen LogP contribution in [-0.2, 0) is 81.5 Å². The van der Waals surface area contributed by atoms with Crippen LogP contribution in [0.25, 0.3) is 0 Å². The first-order chi connectivity index (χ1) is 50.9. The van der Waals surface area contributed by atoms with Gasteiger partial charge in [-0.2, -0.15) is 13.2 Å². The fourth-order valence-electron chi connectivity index (χ4n) is 15.5. The van der Waals surface area contributed by atoms with Crippen molar-refractivity contribution in [2.45, 2.75) is 237 Å². The van der Waals surface area contributed by atoms with Gasteiger partial charge in [-0.3, -0.25) is 57.5 Å². The van der Waals surface area contributed by atoms with E-state index in [4.69, 9.17) is 16.3 Å². The molecule has 2 saturated carbocycles. The van der Waals surface area contributed by atoms with Gasteiger partial charge in [-0.1, -0.05) is 123 Å². The van der Waals surface area contributed by atoms with Crippen molar-refractivity contribution < 1.29 is 79.8 Å². The number of amides is 12. The average Bonchev–Trinajstić information content (AvgIpc) is 1.56. The average molecular weight is 1540 g/mol. The van der Waals surface area contributed by atoms with E-state index in [2.05, 4.69) is 16.0 Å². The topological polar surface area (TPSA) is 279 Å². The van der Waals surface area contributed by atoms with E-state index in [1.807, 2.05) is 34.6 Å². The smallest absolute Gasteiger partial charge is 0.372 e. The molecule has 25 nitrogen and oxygen atoms in total. The van der Waals surface area contributed by atoms with Crippen molar-refractivity contribution in [3.63, 3.8) is 0 Å². The van der Waals surface area contributed by atoms with Crippen molar-refractivity contribution >= 4 is 82.5 Å². The summed E-state index contributed by atoms with van der Waals surface area (Å²) in [6.45, 7) is 9.52. The molecule has 0 radical (unpaired) electrons. The number of rotatable bonds is 15. The summed E-state index contributed by atoms with van der Waals surface area (Å²) in [5, 5.41) is 9.11. The van der Waals surface area contributed by atoms with Gasteiger partial charge in [0.15, 0.2) is 0 Å². The Morgan fingerprint density at radius 2 is 1.21 bits per heavy atom. The van der Waals surface area contributed by atoms with Crippen LogP contribution in [-0.4, -0.2) is 258 Å². The highest BCUT2D eigenvalue weighted by atomic mass is 35.5. The van der Waals surface area contributed by atoms with E-state index in [0.717, 1.165) is 59.3 Å². The number of nitrogens with zero attached hydrogens (tertiary/aromatic N) is 9. The molecule has 2 aliphatic carbocycles. The Hall–Kier alpha value is -7.95. The minimum absolute atomic E-state index is 0.0165. The maximum absolute atomic E-state index is 15.8. The molecule has 3 N–H and O–H groups in total. The van der Waals surface area contributed by atoms with Crippen LogP contribution in [0.5, 0.6) is 0 Å². The van der Waals surface area contributed by atoms with Crippen LogP contribution in [0, 0.1) is 29.5 Å². The molecule has 600 valence electrons. The first kappa shape index (κ1) is 87.3. The van der Waals surface area contributed by atoms with E-state index < -0.39 is 174 Å². The molecule has 9 atom stereocenters. The van der Waals surface area contributed by atoms with Crippen molar-refractivity contribution in [1.29, 1.82) is 0 Å². The molecule has 0 bridgehead atoms. The zero-order chi connectivity index (χ0) is 79.8. The SMILES string of the molecule is CC[C@H](C)[C@@H]1NC(=O)[C@H](CC(C)C)N(C)C(=O)C[C@@H](C(=O)N2CCCCC2)N(C)C(=O)[C@H](CC(C)C)N(C)C(=O)C2(CCCC2)NC(=O)[C@@H]2C[C@@H](OCc3ccc(Cl)cc3)CN2C(=O)[C@H](CCc2ccc(C(F)(F)F)c(F)c2)NC(=O)CN(C)C(=O)[C@H](CC2CCCCC2)N(C)C(=O)CN(C)C(=O)CN(C)C1=O. The molecular weight excluding hydrogens is 1420 g/mol. The number of nitrogens with one attached hydrogen (secondary N) is 3. The van der Waals surface area contributed by atoms with Crippen molar-refractivity contribution in [2.24, 2.45) is 23.7 Å². The molecule has 108 heavy (non-hydrogen) atoms. The molecule has 2 aromatic rings. The highest BCUT2D eigenvalue weighted by molar-refractivity contribution is 6.30. The molecular formula is C78H115ClF4N12O13. The predicted octanol–water partition coefficient (Wildman–Crippen LogP) is 7.22. The second-order valence-corrected chi connectivity index (χ2v) is 32.0. The van der Waals surface area contributed by atoms with Crippen molar-refractivity contribution in [3.05, 3.63) is 70.0 Å². The number of fused-ring (bicyclic) bond motifs is 1. The number of ether oxygens (including phenoxy) is 1. The number of likely N-dealkylation sites (N-methyl/N-ethyl adjacent to an activating group) is 7. The molecule has 5 aliphatic rings. The molecule has 1 spiro atoms. The lowest BCUT2D eigenvalue weighted by molar-refractivity contribution is -0.155. The second kappa shape index (κ2) is 39.1. The minimum Gasteiger partial charge on any atom is -0.372 e. The largest absolute Gasteiger partial charge is 0.419 e. The number of carbonyl (C=O) groups is 12. The summed E-state index contributed by atoms with van der Waals surface area (Å²) in [5.41, 5.74) is -2.53. The number of aryl methyl sites for hydroxylation is 1. The number of carbonyl (C=O) groups excluding carboxylic acids is 12. The zero-order valence-electron chi connectivity index (χ0n) is 65.3. The van der Waals surface area contributed by atoms with Gasteiger partial charge in [-0.15, -0.1) is 0 Å². The number of likely N-dealkylation sites (tertiary alicyclic amines) is 1. The van der Waals surface area contributed by atoms with E-state index in [-0.39, 0.29) is 87.8 Å². The van der Waals surface area contributed by atoms with Crippen LogP contribution >= 0.6 is 11.6 Å². The quantitative estimate of drug-likeness (QED) is 0.149. The fourth-order valence-corrected chi connectivity index (χ4v) is 15.7. The number of halogens is 5. The summed E-state index contributed by atoms with van der Waals surface area (Å²) >= 11 is 6.22. The van der Waals surface area contributed by atoms with Gasteiger partial charge in [0.2, 0.25) is 70.9 Å². The van der Waals surface area contributed by atoms with Gasteiger partial charge in [0.1, 0.15) is 53.6 Å². The summed E-state index contributed by atoms with van der Waals surface area (Å²) in [7, 11) is 9.73. The van der Waals surface area contributed by atoms with Crippen LogP contribution in [0.15, 0.2) is 42.5 Å². The highest BCUT2D eigenvalue weighted by Gasteiger charge is 2.52. The summed E-state index contributed by atoms with van der Waals surface area (Å²) in [6, 6.07) is -0.402. The molecule has 5 fully saturated rings. The molecule has 3 aliphatic heterocycles. The van der Waals surface area contributed by atoms with Crippen molar-refractivity contribution in [3.8, 4) is 0 Å². The monoisotopic (exact) mass is 1540 g/mol. The molecule has 0 unspecified atom stereocenters. The van der Waals surface area contributed by atoms with Gasteiger partial charge < -0.3 is 64.8 Å². The lowest BCUT2D eigenvalue weighted by atomic mass is 9.84. The Morgan fingerprint density at radius 1 is 0.630 bits per heavy atom. The maximum Gasteiger partial charge on any atom is 0.419 e. The summed E-state index contributed by atoms with van der Waals surface area (Å²) in [5.74, 6) is -11.1. The highest BCUT2D eigenvalue weighted by Crippen LogP contribution is 2.37. The standard InChI is InChI=1S/C78H115ClF4N12O13/c1-14-50(6)68-75(106)89(9)45-66(98)87(7)46-67(99)91(11)62(40-51-23-17-15-18-24-51)72(103)88(8)44-64(96)84-58(32-28-52-27-31-56(57(80)39-52)78(81,82)83)71(102)95-43-55(108-47-53-25-29-54(79)30-26-53)41-60(95)70(101)86-77(33-19-20-34-77)76(107)93(13)61(38-49(4)5)73(104)92(12)63(74(105)94-35-21-16-22-36-94)42-65(97)90(10)59(37-48(2)3)69(100)85-68/h25-27,29-31,39,48-51,55,58-63,68H,14-24,28,32-38,40-47H2,1-13H3,(H,84,96)(H,85,100)(H,86,101)/t50-,55+,58-,59-,60-,61-,62-,63-,68-/m0/s1. The lowest BCUT2D eigenvalue weighted by Crippen LogP contribution is -2.64. The van der Waals surface area contributed by atoms with Crippen LogP contribution in [0.4, 0.5) is 17.6 Å². The number of hydrogen-bond acceptors (Lipinski definition) is 13. The Kier molecular flexibility index (Phi) is 31.6. The van der Waals surface area contributed by atoms with Gasteiger partial charge in [0.25, 0.3) is 0 Å². The van der Waals surface area contributed by atoms with E-state index in [1.165, 1.54) is 73.8 Å². The van der Waals surface area contributed by atoms with E-state index >= 15 is 33.2 Å². The van der Waals surface area contributed by atoms with Crippen molar-refractivity contribution in [2.75, 3.05) is 88.6 Å². The second-order valence-electron chi connectivity index (χ2n) is 31.6. The molecule has 7 rings (SSSR count). The Labute approximate surface area is 638 Å². The summed E-state index contributed by atoms with van der Waals surface area (Å²) in [6.07, 6.45) is 0.711. The number of benzene rings is 2. The molecule has 0 aromatic heterocycles. The summed E-state index contributed by atoms with van der Waals surface area (Å²) in [4.78, 5) is 192. The van der Waals surface area contributed by atoms with Crippen LogP contribution in [0.2, 0.25) is 5.02 Å². The Bertz CT molecular complexity index is 3510. The summed E-state index contributed by atoms with van der Waals surface area (Å²) < 4.78 is 63.3. The third kappa shape index (κ3) is 22.8. The Balaban J connectivity index is 1.33. The first-order valence-corrected chi connectivity index (χ1v) is 38.8. The molecule has 12 amide bonds. The van der Waals surface area contributed by atoms with Gasteiger partial charge in [-0.05, 0) is 123 Å². The minimum atomic E-state index is -5.04. The van der Waals surface area contributed by atoms with Gasteiger partial charge in [0.05, 0.1) is 44.3 Å².